The van der Waals surface area contributed by atoms with E-state index >= 15 is 0 Å². The van der Waals surface area contributed by atoms with E-state index in [0.717, 1.165) is 16.8 Å². The molecule has 0 saturated heterocycles. The number of amides is 1. The Kier molecular flexibility index (Phi) is 4.82. The molecule has 4 aromatic rings. The van der Waals surface area contributed by atoms with Crippen LogP contribution < -0.4 is 11.1 Å². The number of nitrogens with one attached hydrogen (secondary N) is 1. The van der Waals surface area contributed by atoms with Crippen LogP contribution in [0.25, 0.3) is 28.2 Å². The van der Waals surface area contributed by atoms with E-state index in [4.69, 9.17) is 10.7 Å². The molecule has 140 valence electrons. The molecular formula is C21H20N6O. The molecule has 3 aromatic heterocycles. The first-order valence-electron chi connectivity index (χ1n) is 9.02. The summed E-state index contributed by atoms with van der Waals surface area (Å²) in [6.45, 7) is 2.25. The van der Waals surface area contributed by atoms with Crippen LogP contribution in [0.15, 0.2) is 67.1 Å². The summed E-state index contributed by atoms with van der Waals surface area (Å²) in [5.41, 5.74) is 10.2. The molecule has 3 heterocycles. The van der Waals surface area contributed by atoms with Crippen LogP contribution in [0.5, 0.6) is 0 Å². The highest BCUT2D eigenvalue weighted by Gasteiger charge is 2.14. The lowest BCUT2D eigenvalue weighted by Gasteiger charge is -2.08. The van der Waals surface area contributed by atoms with Crippen LogP contribution in [0.2, 0.25) is 0 Å². The molecule has 0 radical (unpaired) electrons. The summed E-state index contributed by atoms with van der Waals surface area (Å²) >= 11 is 0. The predicted molar refractivity (Wildman–Crippen MR) is 108 cm³/mol. The van der Waals surface area contributed by atoms with E-state index in [1.807, 2.05) is 49.5 Å². The molecule has 0 spiro atoms. The third-order valence-electron chi connectivity index (χ3n) is 4.32. The lowest BCUT2D eigenvalue weighted by molar-refractivity contribution is 0.0951. The fourth-order valence-electron chi connectivity index (χ4n) is 2.89. The summed E-state index contributed by atoms with van der Waals surface area (Å²) in [5, 5.41) is 7.17. The molecule has 0 saturated carbocycles. The predicted octanol–water partition coefficient (Wildman–Crippen LogP) is 2.54. The number of benzene rings is 1. The van der Waals surface area contributed by atoms with Crippen molar-refractivity contribution >= 4 is 11.6 Å². The Morgan fingerprint density at radius 2 is 2.00 bits per heavy atom. The van der Waals surface area contributed by atoms with Gasteiger partial charge in [-0.2, -0.15) is 5.10 Å². The molecular weight excluding hydrogens is 352 g/mol. The highest BCUT2D eigenvalue weighted by atomic mass is 16.1. The van der Waals surface area contributed by atoms with E-state index < -0.39 is 0 Å². The molecule has 1 aromatic carbocycles. The molecule has 0 aliphatic heterocycles. The van der Waals surface area contributed by atoms with E-state index in [-0.39, 0.29) is 11.9 Å². The number of nitrogens with two attached hydrogens (primary N) is 1. The van der Waals surface area contributed by atoms with E-state index in [1.165, 1.54) is 0 Å². The Morgan fingerprint density at radius 1 is 1.18 bits per heavy atom. The summed E-state index contributed by atoms with van der Waals surface area (Å²) in [4.78, 5) is 21.5. The number of hydrogen-bond donors (Lipinski definition) is 2. The van der Waals surface area contributed by atoms with Gasteiger partial charge in [-0.05, 0) is 25.1 Å². The zero-order chi connectivity index (χ0) is 19.5. The smallest absolute Gasteiger partial charge is 0.251 e. The van der Waals surface area contributed by atoms with Crippen LogP contribution in [-0.2, 0) is 0 Å². The van der Waals surface area contributed by atoms with Gasteiger partial charge in [-0.3, -0.25) is 9.78 Å². The normalized spacial score (nSPS) is 12.1. The summed E-state index contributed by atoms with van der Waals surface area (Å²) in [7, 11) is 0. The van der Waals surface area contributed by atoms with Crippen LogP contribution in [0.4, 0.5) is 0 Å². The summed E-state index contributed by atoms with van der Waals surface area (Å²) < 4.78 is 1.70. The van der Waals surface area contributed by atoms with Gasteiger partial charge in [-0.25, -0.2) is 9.50 Å². The Bertz CT molecular complexity index is 1120. The van der Waals surface area contributed by atoms with E-state index in [9.17, 15) is 4.79 Å². The lowest BCUT2D eigenvalue weighted by Crippen LogP contribution is -2.35. The molecule has 0 bridgehead atoms. The first-order valence-corrected chi connectivity index (χ1v) is 9.02. The third kappa shape index (κ3) is 3.60. The monoisotopic (exact) mass is 372 g/mol. The minimum Gasteiger partial charge on any atom is -0.350 e. The topological polar surface area (TPSA) is 98.2 Å². The Balaban J connectivity index is 1.71. The molecule has 0 aliphatic rings. The number of hydrogen-bond acceptors (Lipinski definition) is 5. The van der Waals surface area contributed by atoms with Crippen LogP contribution in [0.3, 0.4) is 0 Å². The van der Waals surface area contributed by atoms with Crippen LogP contribution >= 0.6 is 0 Å². The summed E-state index contributed by atoms with van der Waals surface area (Å²) in [6, 6.07) is 15.2. The van der Waals surface area contributed by atoms with Gasteiger partial charge < -0.3 is 11.1 Å². The van der Waals surface area contributed by atoms with Gasteiger partial charge >= 0.3 is 0 Å². The van der Waals surface area contributed by atoms with Gasteiger partial charge in [-0.1, -0.05) is 30.3 Å². The molecule has 1 unspecified atom stereocenters. The van der Waals surface area contributed by atoms with Crippen molar-refractivity contribution in [2.24, 2.45) is 5.73 Å². The first-order chi connectivity index (χ1) is 13.6. The van der Waals surface area contributed by atoms with Gasteiger partial charge in [-0.15, -0.1) is 0 Å². The number of rotatable bonds is 5. The van der Waals surface area contributed by atoms with Crippen molar-refractivity contribution in [1.82, 2.24) is 24.9 Å². The van der Waals surface area contributed by atoms with Gasteiger partial charge in [0.1, 0.15) is 0 Å². The summed E-state index contributed by atoms with van der Waals surface area (Å²) in [6.07, 6.45) is 5.19. The van der Waals surface area contributed by atoms with Gasteiger partial charge in [0, 0.05) is 36.1 Å². The molecule has 1 atom stereocenters. The standard InChI is InChI=1S/C21H20N6O/c1-14(22)12-24-21(28)16-7-9-23-19(11-16)17-13-25-27-10-8-18(26-20(17)27)15-5-3-2-4-6-15/h2-11,13-14H,12,22H2,1H3,(H,24,28). The Hall–Kier alpha value is -3.58. The molecule has 28 heavy (non-hydrogen) atoms. The Labute approximate surface area is 162 Å². The fraction of sp³-hybridized carbons (Fsp3) is 0.143. The molecule has 0 aliphatic carbocycles. The Morgan fingerprint density at radius 3 is 2.79 bits per heavy atom. The van der Waals surface area contributed by atoms with Gasteiger partial charge in [0.25, 0.3) is 5.91 Å². The molecule has 1 amide bonds. The average Bonchev–Trinajstić information content (AvgIpc) is 3.16. The van der Waals surface area contributed by atoms with Crippen molar-refractivity contribution in [3.8, 4) is 22.5 Å². The fourth-order valence-corrected chi connectivity index (χ4v) is 2.89. The van der Waals surface area contributed by atoms with E-state index in [2.05, 4.69) is 15.4 Å². The van der Waals surface area contributed by atoms with Crippen LogP contribution in [-0.4, -0.2) is 38.1 Å². The zero-order valence-corrected chi connectivity index (χ0v) is 15.4. The number of carbonyl (C=O) groups is 1. The maximum Gasteiger partial charge on any atom is 0.251 e. The van der Waals surface area contributed by atoms with Gasteiger partial charge in [0.05, 0.1) is 23.1 Å². The second-order valence-electron chi connectivity index (χ2n) is 6.62. The van der Waals surface area contributed by atoms with Crippen molar-refractivity contribution in [3.63, 3.8) is 0 Å². The SMILES string of the molecule is CC(N)CNC(=O)c1ccnc(-c2cnn3ccc(-c4ccccc4)nc23)c1. The average molecular weight is 372 g/mol. The third-order valence-corrected chi connectivity index (χ3v) is 4.32. The second kappa shape index (κ2) is 7.58. The summed E-state index contributed by atoms with van der Waals surface area (Å²) in [5.74, 6) is -0.185. The second-order valence-corrected chi connectivity index (χ2v) is 6.62. The highest BCUT2D eigenvalue weighted by Crippen LogP contribution is 2.24. The first kappa shape index (κ1) is 17.8. The van der Waals surface area contributed by atoms with Gasteiger partial charge in [0.15, 0.2) is 5.65 Å². The molecule has 7 nitrogen and oxygen atoms in total. The quantitative estimate of drug-likeness (QED) is 0.561. The minimum atomic E-state index is -0.185. The van der Waals surface area contributed by atoms with E-state index in [0.29, 0.717) is 23.4 Å². The van der Waals surface area contributed by atoms with Crippen molar-refractivity contribution in [2.45, 2.75) is 13.0 Å². The lowest BCUT2D eigenvalue weighted by atomic mass is 10.1. The minimum absolute atomic E-state index is 0.106. The maximum absolute atomic E-state index is 12.3. The van der Waals surface area contributed by atoms with Crippen LogP contribution in [0.1, 0.15) is 17.3 Å². The van der Waals surface area contributed by atoms with E-state index in [1.54, 1.807) is 29.0 Å². The zero-order valence-electron chi connectivity index (χ0n) is 15.4. The molecule has 7 heteroatoms. The number of nitrogens with zero attached hydrogens (tertiary/aromatic N) is 4. The maximum atomic E-state index is 12.3. The molecule has 4 rings (SSSR count). The number of fused-ring (bicyclic) bond motifs is 1. The van der Waals surface area contributed by atoms with Crippen molar-refractivity contribution in [3.05, 3.63) is 72.7 Å². The van der Waals surface area contributed by atoms with Crippen LogP contribution in [0, 0.1) is 0 Å². The van der Waals surface area contributed by atoms with Crippen molar-refractivity contribution in [1.29, 1.82) is 0 Å². The highest BCUT2D eigenvalue weighted by molar-refractivity contribution is 5.95. The molecule has 3 N–H and O–H groups in total. The molecule has 0 fully saturated rings. The largest absolute Gasteiger partial charge is 0.350 e. The number of pyridine rings is 1. The van der Waals surface area contributed by atoms with Crippen molar-refractivity contribution < 1.29 is 4.79 Å². The number of aromatic nitrogens is 4. The number of carbonyl (C=O) groups excluding carboxylic acids is 1. The van der Waals surface area contributed by atoms with Gasteiger partial charge in [0.2, 0.25) is 0 Å². The van der Waals surface area contributed by atoms with Crippen molar-refractivity contribution in [2.75, 3.05) is 6.54 Å².